The fourth-order valence-corrected chi connectivity index (χ4v) is 2.07. The summed E-state index contributed by atoms with van der Waals surface area (Å²) in [6.07, 6.45) is 11.2. The van der Waals surface area contributed by atoms with Crippen molar-refractivity contribution >= 4 is 5.78 Å². The average Bonchev–Trinajstić information content (AvgIpc) is 2.35. The van der Waals surface area contributed by atoms with E-state index in [4.69, 9.17) is 4.74 Å². The van der Waals surface area contributed by atoms with E-state index in [1.54, 1.807) is 0 Å². The largest absolute Gasteiger partial charge is 0.379 e. The minimum Gasteiger partial charge on any atom is -0.379 e. The van der Waals surface area contributed by atoms with Crippen molar-refractivity contribution in [3.8, 4) is 0 Å². The molecule has 0 aliphatic carbocycles. The van der Waals surface area contributed by atoms with Crippen molar-refractivity contribution < 1.29 is 9.53 Å². The number of ketones is 1. The monoisotopic (exact) mass is 270 g/mol. The first-order chi connectivity index (χ1) is 9.04. The summed E-state index contributed by atoms with van der Waals surface area (Å²) < 4.78 is 5.51. The molecule has 0 unspecified atom stereocenters. The van der Waals surface area contributed by atoms with Crippen molar-refractivity contribution in [2.75, 3.05) is 6.61 Å². The molecule has 0 aliphatic rings. The van der Waals surface area contributed by atoms with Gasteiger partial charge in [-0.1, -0.05) is 52.4 Å². The molecule has 0 heterocycles. The Morgan fingerprint density at radius 3 is 1.74 bits per heavy atom. The zero-order chi connectivity index (χ0) is 14.5. The highest BCUT2D eigenvalue weighted by molar-refractivity contribution is 5.80. The van der Waals surface area contributed by atoms with Gasteiger partial charge in [0.25, 0.3) is 0 Å². The standard InChI is InChI=1S/C17H34O2/c1-15(2)17(18)13-11-9-7-5-6-8-10-12-14-19-16(3)4/h15-16H,5-14H2,1-4H3. The molecule has 0 saturated carbocycles. The molecule has 0 radical (unpaired) electrons. The summed E-state index contributed by atoms with van der Waals surface area (Å²) in [4.78, 5) is 11.4. The van der Waals surface area contributed by atoms with Gasteiger partial charge in [-0.05, 0) is 26.7 Å². The molecule has 0 aliphatic heterocycles. The molecule has 0 atom stereocenters. The van der Waals surface area contributed by atoms with Gasteiger partial charge in [0.15, 0.2) is 0 Å². The Hall–Kier alpha value is -0.370. The van der Waals surface area contributed by atoms with Gasteiger partial charge >= 0.3 is 0 Å². The van der Waals surface area contributed by atoms with Crippen LogP contribution in [-0.2, 0) is 9.53 Å². The third-order valence-electron chi connectivity index (χ3n) is 3.41. The Balaban J connectivity index is 3.09. The van der Waals surface area contributed by atoms with E-state index >= 15 is 0 Å². The van der Waals surface area contributed by atoms with Crippen LogP contribution in [0.3, 0.4) is 0 Å². The van der Waals surface area contributed by atoms with E-state index < -0.39 is 0 Å². The zero-order valence-electron chi connectivity index (χ0n) is 13.5. The summed E-state index contributed by atoms with van der Waals surface area (Å²) in [5.41, 5.74) is 0. The summed E-state index contributed by atoms with van der Waals surface area (Å²) in [6, 6.07) is 0. The van der Waals surface area contributed by atoms with Crippen molar-refractivity contribution in [3.63, 3.8) is 0 Å². The molecular formula is C17H34O2. The Morgan fingerprint density at radius 2 is 1.26 bits per heavy atom. The number of carbonyl (C=O) groups excluding carboxylic acids is 1. The van der Waals surface area contributed by atoms with Crippen LogP contribution in [0.25, 0.3) is 0 Å². The Morgan fingerprint density at radius 1 is 0.789 bits per heavy atom. The van der Waals surface area contributed by atoms with Crippen molar-refractivity contribution in [3.05, 3.63) is 0 Å². The molecule has 19 heavy (non-hydrogen) atoms. The van der Waals surface area contributed by atoms with Crippen LogP contribution in [0.1, 0.15) is 85.5 Å². The summed E-state index contributed by atoms with van der Waals surface area (Å²) in [6.45, 7) is 9.07. The summed E-state index contributed by atoms with van der Waals surface area (Å²) in [5.74, 6) is 0.637. The predicted octanol–water partition coefficient (Wildman–Crippen LogP) is 5.15. The highest BCUT2D eigenvalue weighted by Gasteiger charge is 2.05. The maximum absolute atomic E-state index is 11.4. The van der Waals surface area contributed by atoms with E-state index in [1.165, 1.54) is 44.9 Å². The lowest BCUT2D eigenvalue weighted by atomic mass is 10.0. The second-order valence-corrected chi connectivity index (χ2v) is 6.12. The molecule has 114 valence electrons. The highest BCUT2D eigenvalue weighted by atomic mass is 16.5. The van der Waals surface area contributed by atoms with Crippen molar-refractivity contribution in [2.45, 2.75) is 91.6 Å². The second-order valence-electron chi connectivity index (χ2n) is 6.12. The lowest BCUT2D eigenvalue weighted by Gasteiger charge is -2.07. The summed E-state index contributed by atoms with van der Waals surface area (Å²) in [7, 11) is 0. The van der Waals surface area contributed by atoms with Crippen molar-refractivity contribution in [2.24, 2.45) is 5.92 Å². The van der Waals surface area contributed by atoms with E-state index in [-0.39, 0.29) is 5.92 Å². The molecule has 0 aromatic heterocycles. The smallest absolute Gasteiger partial charge is 0.135 e. The van der Waals surface area contributed by atoms with Crippen molar-refractivity contribution in [1.82, 2.24) is 0 Å². The van der Waals surface area contributed by atoms with Gasteiger partial charge in [0.2, 0.25) is 0 Å². The lowest BCUT2D eigenvalue weighted by Crippen LogP contribution is -2.05. The Bertz CT molecular complexity index is 209. The van der Waals surface area contributed by atoms with Gasteiger partial charge in [0.05, 0.1) is 6.10 Å². The van der Waals surface area contributed by atoms with Crippen LogP contribution in [0.5, 0.6) is 0 Å². The molecule has 0 spiro atoms. The van der Waals surface area contributed by atoms with Gasteiger partial charge in [0.1, 0.15) is 5.78 Å². The first kappa shape index (κ1) is 18.6. The molecule has 0 rings (SSSR count). The third-order valence-corrected chi connectivity index (χ3v) is 3.41. The zero-order valence-corrected chi connectivity index (χ0v) is 13.5. The summed E-state index contributed by atoms with van der Waals surface area (Å²) in [5, 5.41) is 0. The third kappa shape index (κ3) is 13.9. The predicted molar refractivity (Wildman–Crippen MR) is 82.5 cm³/mol. The molecule has 0 bridgehead atoms. The normalized spacial score (nSPS) is 11.5. The van der Waals surface area contributed by atoms with Gasteiger partial charge in [-0.2, -0.15) is 0 Å². The molecule has 0 aromatic carbocycles. The number of carbonyl (C=O) groups is 1. The average molecular weight is 270 g/mol. The molecular weight excluding hydrogens is 236 g/mol. The number of hydrogen-bond acceptors (Lipinski definition) is 2. The molecule has 2 heteroatoms. The molecule has 0 fully saturated rings. The number of unbranched alkanes of at least 4 members (excludes halogenated alkanes) is 7. The maximum Gasteiger partial charge on any atom is 0.135 e. The van der Waals surface area contributed by atoms with Crippen LogP contribution >= 0.6 is 0 Å². The van der Waals surface area contributed by atoms with E-state index in [2.05, 4.69) is 13.8 Å². The van der Waals surface area contributed by atoms with Gasteiger partial charge in [-0.3, -0.25) is 4.79 Å². The Labute approximate surface area is 120 Å². The molecule has 0 N–H and O–H groups in total. The summed E-state index contributed by atoms with van der Waals surface area (Å²) >= 11 is 0. The minimum absolute atomic E-state index is 0.216. The maximum atomic E-state index is 11.4. The number of Topliss-reactive ketones (excluding diaryl/α,β-unsaturated/α-hetero) is 1. The fourth-order valence-electron chi connectivity index (χ4n) is 2.07. The van der Waals surface area contributed by atoms with Crippen LogP contribution < -0.4 is 0 Å². The quantitative estimate of drug-likeness (QED) is 0.433. The van der Waals surface area contributed by atoms with Crippen LogP contribution in [0.4, 0.5) is 0 Å². The van der Waals surface area contributed by atoms with Gasteiger partial charge < -0.3 is 4.74 Å². The SMILES string of the molecule is CC(C)OCCCCCCCCCCC(=O)C(C)C. The Kier molecular flexibility index (Phi) is 12.4. The van der Waals surface area contributed by atoms with Gasteiger partial charge in [-0.15, -0.1) is 0 Å². The topological polar surface area (TPSA) is 26.3 Å². The molecule has 0 aromatic rings. The first-order valence-corrected chi connectivity index (χ1v) is 8.18. The van der Waals surface area contributed by atoms with Crippen molar-refractivity contribution in [1.29, 1.82) is 0 Å². The molecule has 2 nitrogen and oxygen atoms in total. The fraction of sp³-hybridized carbons (Fsp3) is 0.941. The van der Waals surface area contributed by atoms with Crippen LogP contribution in [0.2, 0.25) is 0 Å². The number of ether oxygens (including phenoxy) is 1. The first-order valence-electron chi connectivity index (χ1n) is 8.18. The van der Waals surface area contributed by atoms with Crippen LogP contribution in [-0.4, -0.2) is 18.5 Å². The molecule has 0 saturated heterocycles. The second kappa shape index (κ2) is 12.7. The van der Waals surface area contributed by atoms with E-state index in [1.807, 2.05) is 13.8 Å². The van der Waals surface area contributed by atoms with Crippen LogP contribution in [0.15, 0.2) is 0 Å². The van der Waals surface area contributed by atoms with E-state index in [0.717, 1.165) is 19.4 Å². The van der Waals surface area contributed by atoms with Crippen LogP contribution in [0, 0.1) is 5.92 Å². The molecule has 0 amide bonds. The highest BCUT2D eigenvalue weighted by Crippen LogP contribution is 2.11. The lowest BCUT2D eigenvalue weighted by molar-refractivity contribution is -0.122. The van der Waals surface area contributed by atoms with E-state index in [9.17, 15) is 4.79 Å². The minimum atomic E-state index is 0.216. The number of rotatable bonds is 13. The number of hydrogen-bond donors (Lipinski definition) is 0. The van der Waals surface area contributed by atoms with Gasteiger partial charge in [0, 0.05) is 18.9 Å². The van der Waals surface area contributed by atoms with Gasteiger partial charge in [-0.25, -0.2) is 0 Å². The van der Waals surface area contributed by atoms with E-state index in [0.29, 0.717) is 11.9 Å².